The fraction of sp³-hybridized carbons (Fsp3) is 0.684. The summed E-state index contributed by atoms with van der Waals surface area (Å²) in [6.07, 6.45) is 4.62. The Bertz CT molecular complexity index is 782. The van der Waals surface area contributed by atoms with Gasteiger partial charge in [0.1, 0.15) is 5.82 Å². The lowest BCUT2D eigenvalue weighted by Gasteiger charge is -2.27. The van der Waals surface area contributed by atoms with E-state index < -0.39 is 0 Å². The number of ether oxygens (including phenoxy) is 1. The molecule has 4 rings (SSSR count). The largest absolute Gasteiger partial charge is 0.379 e. The highest BCUT2D eigenvalue weighted by molar-refractivity contribution is 5.76. The molecule has 0 spiro atoms. The van der Waals surface area contributed by atoms with E-state index in [-0.39, 0.29) is 5.91 Å². The first-order chi connectivity index (χ1) is 13.8. The normalized spacial score (nSPS) is 18.5. The van der Waals surface area contributed by atoms with Gasteiger partial charge in [-0.3, -0.25) is 9.69 Å². The van der Waals surface area contributed by atoms with E-state index in [9.17, 15) is 4.79 Å². The van der Waals surface area contributed by atoms with Gasteiger partial charge in [0, 0.05) is 52.1 Å². The minimum Gasteiger partial charge on any atom is -0.379 e. The van der Waals surface area contributed by atoms with E-state index >= 15 is 0 Å². The van der Waals surface area contributed by atoms with Crippen molar-refractivity contribution in [2.75, 3.05) is 57.4 Å². The predicted molar refractivity (Wildman–Crippen MR) is 105 cm³/mol. The molecule has 0 atom stereocenters. The number of hydrogen-bond donors (Lipinski definition) is 1. The first-order valence-electron chi connectivity index (χ1n) is 10.3. The van der Waals surface area contributed by atoms with Crippen molar-refractivity contribution in [1.82, 2.24) is 30.0 Å². The number of nitrogens with zero attached hydrogens (tertiary/aromatic N) is 6. The van der Waals surface area contributed by atoms with Gasteiger partial charge in [-0.05, 0) is 31.4 Å². The van der Waals surface area contributed by atoms with Crippen LogP contribution in [0.5, 0.6) is 0 Å². The Kier molecular flexibility index (Phi) is 6.33. The Labute approximate surface area is 165 Å². The van der Waals surface area contributed by atoms with Crippen molar-refractivity contribution in [1.29, 1.82) is 0 Å². The van der Waals surface area contributed by atoms with Crippen molar-refractivity contribution in [2.45, 2.75) is 32.1 Å². The van der Waals surface area contributed by atoms with Gasteiger partial charge in [0.25, 0.3) is 0 Å². The highest BCUT2D eigenvalue weighted by Gasteiger charge is 2.15. The lowest BCUT2D eigenvalue weighted by Crippen LogP contribution is -2.41. The standard InChI is InChI=1S/C19H29N7O2/c27-19(20-8-11-24-12-14-28-15-13-24)7-6-17-22-21-16-4-5-18(23-26(16)17)25-9-2-1-3-10-25/h4-5H,1-3,6-15H2,(H,20,27). The summed E-state index contributed by atoms with van der Waals surface area (Å²) >= 11 is 0. The van der Waals surface area contributed by atoms with Crippen LogP contribution in [0.4, 0.5) is 5.82 Å². The van der Waals surface area contributed by atoms with Gasteiger partial charge < -0.3 is 15.0 Å². The summed E-state index contributed by atoms with van der Waals surface area (Å²) in [7, 11) is 0. The second-order valence-corrected chi connectivity index (χ2v) is 7.43. The van der Waals surface area contributed by atoms with Crippen molar-refractivity contribution in [3.05, 3.63) is 18.0 Å². The first-order valence-corrected chi connectivity index (χ1v) is 10.3. The average Bonchev–Trinajstić information content (AvgIpc) is 3.16. The number of hydrogen-bond acceptors (Lipinski definition) is 7. The minimum absolute atomic E-state index is 0.0391. The van der Waals surface area contributed by atoms with Gasteiger partial charge in [-0.15, -0.1) is 15.3 Å². The van der Waals surface area contributed by atoms with Crippen LogP contribution in [0.1, 0.15) is 31.5 Å². The van der Waals surface area contributed by atoms with Crippen molar-refractivity contribution in [3.8, 4) is 0 Å². The van der Waals surface area contributed by atoms with E-state index in [1.165, 1.54) is 19.3 Å². The van der Waals surface area contributed by atoms with Crippen LogP contribution >= 0.6 is 0 Å². The Balaban J connectivity index is 1.29. The number of aryl methyl sites for hydroxylation is 1. The molecule has 0 radical (unpaired) electrons. The Morgan fingerprint density at radius 2 is 1.89 bits per heavy atom. The molecule has 0 aromatic carbocycles. The molecule has 28 heavy (non-hydrogen) atoms. The first kappa shape index (κ1) is 19.1. The molecule has 0 unspecified atom stereocenters. The van der Waals surface area contributed by atoms with Gasteiger partial charge in [-0.1, -0.05) is 0 Å². The molecule has 9 heteroatoms. The summed E-state index contributed by atoms with van der Waals surface area (Å²) < 4.78 is 7.12. The maximum atomic E-state index is 12.2. The number of amides is 1. The molecule has 1 N–H and O–H groups in total. The van der Waals surface area contributed by atoms with Crippen LogP contribution in [0.2, 0.25) is 0 Å². The van der Waals surface area contributed by atoms with Crippen LogP contribution in [-0.2, 0) is 16.0 Å². The molecule has 0 saturated carbocycles. The third-order valence-electron chi connectivity index (χ3n) is 5.42. The van der Waals surface area contributed by atoms with E-state index in [0.717, 1.165) is 63.2 Å². The Morgan fingerprint density at radius 3 is 2.71 bits per heavy atom. The molecule has 0 bridgehead atoms. The zero-order valence-corrected chi connectivity index (χ0v) is 16.3. The van der Waals surface area contributed by atoms with Crippen molar-refractivity contribution >= 4 is 17.4 Å². The number of anilines is 1. The maximum Gasteiger partial charge on any atom is 0.220 e. The Hall–Kier alpha value is -2.26. The molecule has 2 aliphatic heterocycles. The molecule has 2 aliphatic rings. The summed E-state index contributed by atoms with van der Waals surface area (Å²) in [5.74, 6) is 1.73. The van der Waals surface area contributed by atoms with Crippen LogP contribution < -0.4 is 10.2 Å². The van der Waals surface area contributed by atoms with Gasteiger partial charge in [0.15, 0.2) is 11.5 Å². The number of nitrogens with one attached hydrogen (secondary N) is 1. The SMILES string of the molecule is O=C(CCc1nnc2ccc(N3CCCCC3)nn12)NCCN1CCOCC1. The third-order valence-corrected chi connectivity index (χ3v) is 5.42. The van der Waals surface area contributed by atoms with E-state index in [4.69, 9.17) is 9.84 Å². The molecule has 0 aliphatic carbocycles. The van der Waals surface area contributed by atoms with E-state index in [1.807, 2.05) is 12.1 Å². The van der Waals surface area contributed by atoms with Gasteiger partial charge in [0.2, 0.25) is 5.91 Å². The second-order valence-electron chi connectivity index (χ2n) is 7.43. The number of rotatable bonds is 7. The third kappa shape index (κ3) is 4.77. The lowest BCUT2D eigenvalue weighted by atomic mass is 10.1. The highest BCUT2D eigenvalue weighted by atomic mass is 16.5. The van der Waals surface area contributed by atoms with Crippen LogP contribution in [0.25, 0.3) is 5.65 Å². The van der Waals surface area contributed by atoms with Gasteiger partial charge in [-0.25, -0.2) is 0 Å². The number of piperidine rings is 1. The van der Waals surface area contributed by atoms with Gasteiger partial charge in [-0.2, -0.15) is 4.52 Å². The fourth-order valence-corrected chi connectivity index (χ4v) is 3.76. The predicted octanol–water partition coefficient (Wildman–Crippen LogP) is 0.496. The zero-order valence-electron chi connectivity index (χ0n) is 16.3. The highest BCUT2D eigenvalue weighted by Crippen LogP contribution is 2.18. The van der Waals surface area contributed by atoms with E-state index in [0.29, 0.717) is 19.4 Å². The summed E-state index contributed by atoms with van der Waals surface area (Å²) in [6.45, 7) is 7.05. The Morgan fingerprint density at radius 1 is 1.07 bits per heavy atom. The summed E-state index contributed by atoms with van der Waals surface area (Å²) in [5.41, 5.74) is 0.725. The van der Waals surface area contributed by atoms with Crippen molar-refractivity contribution in [2.24, 2.45) is 0 Å². The van der Waals surface area contributed by atoms with Crippen LogP contribution in [0, 0.1) is 0 Å². The van der Waals surface area contributed by atoms with E-state index in [2.05, 4.69) is 25.3 Å². The topological polar surface area (TPSA) is 87.9 Å². The molecule has 2 aromatic heterocycles. The molecular formula is C19H29N7O2. The molecule has 4 heterocycles. The van der Waals surface area contributed by atoms with Gasteiger partial charge >= 0.3 is 0 Å². The molecule has 2 aromatic rings. The van der Waals surface area contributed by atoms with Crippen LogP contribution in [0.3, 0.4) is 0 Å². The quantitative estimate of drug-likeness (QED) is 0.740. The van der Waals surface area contributed by atoms with Gasteiger partial charge in [0.05, 0.1) is 13.2 Å². The van der Waals surface area contributed by atoms with Crippen molar-refractivity contribution < 1.29 is 9.53 Å². The number of carbonyl (C=O) groups is 1. The molecule has 152 valence electrons. The minimum atomic E-state index is 0.0391. The van der Waals surface area contributed by atoms with Crippen LogP contribution in [-0.4, -0.2) is 83.1 Å². The number of aromatic nitrogens is 4. The molecule has 1 amide bonds. The van der Waals surface area contributed by atoms with E-state index in [1.54, 1.807) is 4.52 Å². The molecule has 2 saturated heterocycles. The summed E-state index contributed by atoms with van der Waals surface area (Å²) in [4.78, 5) is 16.8. The molecule has 2 fully saturated rings. The summed E-state index contributed by atoms with van der Waals surface area (Å²) in [6, 6.07) is 3.97. The fourth-order valence-electron chi connectivity index (χ4n) is 3.76. The molecule has 9 nitrogen and oxygen atoms in total. The maximum absolute atomic E-state index is 12.2. The van der Waals surface area contributed by atoms with Crippen molar-refractivity contribution in [3.63, 3.8) is 0 Å². The second kappa shape index (κ2) is 9.29. The lowest BCUT2D eigenvalue weighted by molar-refractivity contribution is -0.121. The molecular weight excluding hydrogens is 358 g/mol. The number of fused-ring (bicyclic) bond motifs is 1. The number of carbonyl (C=O) groups excluding carboxylic acids is 1. The monoisotopic (exact) mass is 387 g/mol. The van der Waals surface area contributed by atoms with Crippen LogP contribution in [0.15, 0.2) is 12.1 Å². The number of morpholine rings is 1. The smallest absolute Gasteiger partial charge is 0.220 e. The summed E-state index contributed by atoms with van der Waals surface area (Å²) in [5, 5.41) is 16.1. The average molecular weight is 387 g/mol. The zero-order chi connectivity index (χ0) is 19.2.